The first kappa shape index (κ1) is 5.38. The van der Waals surface area contributed by atoms with E-state index in [9.17, 15) is 0 Å². The third kappa shape index (κ3) is 0.898. The molecule has 1 N–H and O–H groups in total. The van der Waals surface area contributed by atoms with Gasteiger partial charge in [-0.25, -0.2) is 0 Å². The quantitative estimate of drug-likeness (QED) is 0.553. The SMILES string of the molecule is Cn1[c]c(CO)cc1. The molecule has 0 saturated carbocycles. The second kappa shape index (κ2) is 2.01. The number of hydrogen-bond donors (Lipinski definition) is 1. The average molecular weight is 110 g/mol. The lowest BCUT2D eigenvalue weighted by atomic mass is 10.4. The molecule has 0 bridgehead atoms. The largest absolute Gasteiger partial charge is 0.392 e. The van der Waals surface area contributed by atoms with Gasteiger partial charge in [-0.2, -0.15) is 0 Å². The average Bonchev–Trinajstić information content (AvgIpc) is 2.14. The Balaban J connectivity index is 2.84. The zero-order valence-corrected chi connectivity index (χ0v) is 4.76. The highest BCUT2D eigenvalue weighted by molar-refractivity contribution is 5.05. The number of rotatable bonds is 1. The van der Waals surface area contributed by atoms with Gasteiger partial charge in [0.05, 0.1) is 12.8 Å². The summed E-state index contributed by atoms with van der Waals surface area (Å²) in [6.07, 6.45) is 4.75. The molecule has 43 valence electrons. The zero-order valence-electron chi connectivity index (χ0n) is 4.76. The molecule has 2 nitrogen and oxygen atoms in total. The molecule has 0 saturated heterocycles. The Hall–Kier alpha value is -0.760. The maximum atomic E-state index is 8.51. The van der Waals surface area contributed by atoms with Gasteiger partial charge in [0.15, 0.2) is 0 Å². The number of hydrogen-bond acceptors (Lipinski definition) is 1. The Morgan fingerprint density at radius 1 is 1.88 bits per heavy atom. The fourth-order valence-electron chi connectivity index (χ4n) is 0.591. The fraction of sp³-hybridized carbons (Fsp3) is 0.333. The van der Waals surface area contributed by atoms with Crippen molar-refractivity contribution in [3.05, 3.63) is 24.0 Å². The van der Waals surface area contributed by atoms with Crippen LogP contribution in [0.15, 0.2) is 12.3 Å². The van der Waals surface area contributed by atoms with Crippen LogP contribution >= 0.6 is 0 Å². The van der Waals surface area contributed by atoms with Crippen molar-refractivity contribution in [3.63, 3.8) is 0 Å². The summed E-state index contributed by atoms with van der Waals surface area (Å²) in [5, 5.41) is 8.51. The van der Waals surface area contributed by atoms with Crippen LogP contribution in [-0.2, 0) is 13.7 Å². The molecule has 1 radical (unpaired) electrons. The van der Waals surface area contributed by atoms with E-state index in [0.29, 0.717) is 0 Å². The molecule has 2 heteroatoms. The summed E-state index contributed by atoms with van der Waals surface area (Å²) in [7, 11) is 1.87. The first-order chi connectivity index (χ1) is 3.83. The predicted molar refractivity (Wildman–Crippen MR) is 30.2 cm³/mol. The summed E-state index contributed by atoms with van der Waals surface area (Å²) >= 11 is 0. The molecule has 8 heavy (non-hydrogen) atoms. The fourth-order valence-corrected chi connectivity index (χ4v) is 0.591. The van der Waals surface area contributed by atoms with Crippen molar-refractivity contribution in [2.75, 3.05) is 0 Å². The summed E-state index contributed by atoms with van der Waals surface area (Å²) in [5.74, 6) is 0. The van der Waals surface area contributed by atoms with E-state index in [1.54, 1.807) is 4.57 Å². The van der Waals surface area contributed by atoms with Crippen molar-refractivity contribution in [1.29, 1.82) is 0 Å². The second-order valence-electron chi connectivity index (χ2n) is 1.72. The molecule has 0 aliphatic rings. The summed E-state index contributed by atoms with van der Waals surface area (Å²) in [4.78, 5) is 0. The predicted octanol–water partition coefficient (Wildman–Crippen LogP) is 0.318. The third-order valence-corrected chi connectivity index (χ3v) is 0.990. The topological polar surface area (TPSA) is 25.2 Å². The van der Waals surface area contributed by atoms with Crippen LogP contribution < -0.4 is 0 Å². The van der Waals surface area contributed by atoms with Crippen LogP contribution in [0.5, 0.6) is 0 Å². The first-order valence-corrected chi connectivity index (χ1v) is 2.47. The molecular formula is C6H8NO. The highest BCUT2D eigenvalue weighted by Crippen LogP contribution is 1.95. The van der Waals surface area contributed by atoms with Crippen molar-refractivity contribution in [1.82, 2.24) is 4.57 Å². The molecule has 0 fully saturated rings. The molecule has 0 aromatic carbocycles. The van der Waals surface area contributed by atoms with Crippen molar-refractivity contribution in [3.8, 4) is 0 Å². The van der Waals surface area contributed by atoms with Gasteiger partial charge in [-0.3, -0.25) is 0 Å². The molecule has 1 heterocycles. The molecule has 1 aromatic rings. The number of aliphatic hydroxyl groups is 1. The van der Waals surface area contributed by atoms with Crippen LogP contribution in [-0.4, -0.2) is 9.67 Å². The van der Waals surface area contributed by atoms with Crippen molar-refractivity contribution >= 4 is 0 Å². The molecule has 0 amide bonds. The Kier molecular flexibility index (Phi) is 1.35. The molecule has 1 rings (SSSR count). The van der Waals surface area contributed by atoms with Crippen molar-refractivity contribution in [2.45, 2.75) is 6.61 Å². The lowest BCUT2D eigenvalue weighted by Crippen LogP contribution is -1.81. The van der Waals surface area contributed by atoms with E-state index in [4.69, 9.17) is 5.11 Å². The molecule has 0 atom stereocenters. The first-order valence-electron chi connectivity index (χ1n) is 2.47. The van der Waals surface area contributed by atoms with Crippen LogP contribution in [0, 0.1) is 6.20 Å². The number of aryl methyl sites for hydroxylation is 1. The van der Waals surface area contributed by atoms with E-state index < -0.39 is 0 Å². The van der Waals surface area contributed by atoms with Gasteiger partial charge in [0, 0.05) is 18.8 Å². The lowest BCUT2D eigenvalue weighted by molar-refractivity contribution is 0.281. The standard InChI is InChI=1S/C6H8NO/c1-7-3-2-6(4-7)5-8/h2-3,8H,5H2,1H3. The van der Waals surface area contributed by atoms with Crippen molar-refractivity contribution in [2.24, 2.45) is 7.05 Å². The Morgan fingerprint density at radius 2 is 2.62 bits per heavy atom. The maximum Gasteiger partial charge on any atom is 0.0704 e. The third-order valence-electron chi connectivity index (χ3n) is 0.990. The molecular weight excluding hydrogens is 102 g/mol. The van der Waals surface area contributed by atoms with Gasteiger partial charge in [0.25, 0.3) is 0 Å². The molecule has 0 spiro atoms. The number of aliphatic hydroxyl groups excluding tert-OH is 1. The Morgan fingerprint density at radius 3 is 2.88 bits per heavy atom. The minimum Gasteiger partial charge on any atom is -0.392 e. The number of aromatic nitrogens is 1. The summed E-state index contributed by atoms with van der Waals surface area (Å²) < 4.78 is 1.78. The second-order valence-corrected chi connectivity index (χ2v) is 1.72. The maximum absolute atomic E-state index is 8.51. The van der Waals surface area contributed by atoms with Gasteiger partial charge in [-0.15, -0.1) is 0 Å². The van der Waals surface area contributed by atoms with Gasteiger partial charge >= 0.3 is 0 Å². The minimum absolute atomic E-state index is 0.0842. The van der Waals surface area contributed by atoms with Crippen LogP contribution in [0.25, 0.3) is 0 Å². The molecule has 0 aliphatic heterocycles. The van der Waals surface area contributed by atoms with E-state index in [2.05, 4.69) is 6.20 Å². The van der Waals surface area contributed by atoms with Crippen LogP contribution in [0.1, 0.15) is 5.56 Å². The van der Waals surface area contributed by atoms with Crippen LogP contribution in [0.3, 0.4) is 0 Å². The van der Waals surface area contributed by atoms with Gasteiger partial charge in [-0.1, -0.05) is 0 Å². The Bertz CT molecular complexity index is 169. The van der Waals surface area contributed by atoms with E-state index in [-0.39, 0.29) is 6.61 Å². The van der Waals surface area contributed by atoms with Gasteiger partial charge in [0.2, 0.25) is 0 Å². The van der Waals surface area contributed by atoms with E-state index in [0.717, 1.165) is 5.56 Å². The van der Waals surface area contributed by atoms with Crippen LogP contribution in [0.2, 0.25) is 0 Å². The molecule has 0 unspecified atom stereocenters. The lowest BCUT2D eigenvalue weighted by Gasteiger charge is -1.82. The Labute approximate surface area is 48.4 Å². The van der Waals surface area contributed by atoms with E-state index >= 15 is 0 Å². The molecule has 0 aliphatic carbocycles. The van der Waals surface area contributed by atoms with E-state index in [1.807, 2.05) is 19.3 Å². The normalized spacial score (nSPS) is 9.75. The highest BCUT2D eigenvalue weighted by atomic mass is 16.3. The zero-order chi connectivity index (χ0) is 5.98. The summed E-state index contributed by atoms with van der Waals surface area (Å²) in [5.41, 5.74) is 0.840. The minimum atomic E-state index is 0.0842. The van der Waals surface area contributed by atoms with Crippen LogP contribution in [0.4, 0.5) is 0 Å². The summed E-state index contributed by atoms with van der Waals surface area (Å²) in [6, 6.07) is 1.83. The van der Waals surface area contributed by atoms with Crippen molar-refractivity contribution < 1.29 is 5.11 Å². The molecule has 1 aromatic heterocycles. The summed E-state index contributed by atoms with van der Waals surface area (Å²) in [6.45, 7) is 0.0842. The highest BCUT2D eigenvalue weighted by Gasteiger charge is 1.88. The van der Waals surface area contributed by atoms with Gasteiger partial charge in [-0.05, 0) is 6.07 Å². The van der Waals surface area contributed by atoms with E-state index in [1.165, 1.54) is 0 Å². The van der Waals surface area contributed by atoms with Gasteiger partial charge in [0.1, 0.15) is 0 Å². The smallest absolute Gasteiger partial charge is 0.0704 e. The monoisotopic (exact) mass is 110 g/mol. The number of nitrogens with zero attached hydrogens (tertiary/aromatic N) is 1. The van der Waals surface area contributed by atoms with Gasteiger partial charge < -0.3 is 9.67 Å².